The molecule has 0 radical (unpaired) electrons. The number of amides is 4. The number of alkyl carbamates (subject to hydrolysis) is 2. The van der Waals surface area contributed by atoms with E-state index in [1.54, 1.807) is 0 Å². The Balaban J connectivity index is 0.847. The van der Waals surface area contributed by atoms with E-state index in [0.29, 0.717) is 11.8 Å². The summed E-state index contributed by atoms with van der Waals surface area (Å²) in [7, 11) is 2.50. The molecule has 2 saturated heterocycles. The van der Waals surface area contributed by atoms with E-state index in [1.165, 1.54) is 47.6 Å². The first-order valence-electron chi connectivity index (χ1n) is 26.4. The Morgan fingerprint density at radius 2 is 1.04 bits per heavy atom. The second kappa shape index (κ2) is 20.7. The van der Waals surface area contributed by atoms with Gasteiger partial charge >= 0.3 is 12.2 Å². The summed E-state index contributed by atoms with van der Waals surface area (Å²) in [4.78, 5) is 74.4. The highest BCUT2D eigenvalue weighted by molar-refractivity contribution is 5.89. The van der Waals surface area contributed by atoms with Crippen LogP contribution in [0.4, 0.5) is 9.59 Å². The minimum absolute atomic E-state index is 0.0114. The zero-order valence-electron chi connectivity index (χ0n) is 42.0. The Labute approximate surface area is 430 Å². The lowest BCUT2D eigenvalue weighted by Crippen LogP contribution is -2.51. The summed E-state index contributed by atoms with van der Waals surface area (Å²) in [6, 6.07) is 28.1. The number of methoxy groups -OCH3 is 2. The maximum atomic E-state index is 14.3. The van der Waals surface area contributed by atoms with Gasteiger partial charge in [-0.25, -0.2) is 19.6 Å². The van der Waals surface area contributed by atoms with Gasteiger partial charge in [-0.2, -0.15) is 10.5 Å². The summed E-state index contributed by atoms with van der Waals surface area (Å²) in [5.41, 5.74) is 13.0. The highest BCUT2D eigenvalue weighted by atomic mass is 16.5. The molecule has 4 aromatic carbocycles. The molecular formula is C58H62N10O6. The number of carbonyl (C=O) groups excluding carboxylic acids is 4. The number of ether oxygens (including phenoxy) is 2. The highest BCUT2D eigenvalue weighted by Gasteiger charge is 2.49. The first-order chi connectivity index (χ1) is 36.1. The van der Waals surface area contributed by atoms with Crippen LogP contribution in [0.2, 0.25) is 0 Å². The van der Waals surface area contributed by atoms with Gasteiger partial charge in [-0.05, 0) is 145 Å². The molecule has 14 rings (SSSR count). The molecule has 4 heterocycles. The summed E-state index contributed by atoms with van der Waals surface area (Å²) >= 11 is 0. The van der Waals surface area contributed by atoms with E-state index >= 15 is 0 Å². The van der Waals surface area contributed by atoms with Crippen molar-refractivity contribution in [3.05, 3.63) is 107 Å². The first kappa shape index (κ1) is 48.5. The maximum Gasteiger partial charge on any atom is 0.407 e. The van der Waals surface area contributed by atoms with Crippen LogP contribution in [0.25, 0.3) is 44.3 Å². The Kier molecular flexibility index (Phi) is 13.5. The zero-order valence-corrected chi connectivity index (χ0v) is 42.0. The van der Waals surface area contributed by atoms with Gasteiger partial charge in [0.1, 0.15) is 23.7 Å². The molecule has 4 N–H and O–H groups in total. The van der Waals surface area contributed by atoms with Crippen LogP contribution in [-0.4, -0.2) is 92.1 Å². The minimum atomic E-state index is -1.02. The lowest BCUT2D eigenvalue weighted by molar-refractivity contribution is -0.138. The number of nitrogens with one attached hydrogen (secondary N) is 4. The number of nitrogens with zero attached hydrogens (tertiary/aromatic N) is 6. The van der Waals surface area contributed by atoms with E-state index in [-0.39, 0.29) is 48.8 Å². The van der Waals surface area contributed by atoms with E-state index < -0.39 is 24.3 Å². The van der Waals surface area contributed by atoms with E-state index in [1.807, 2.05) is 9.80 Å². The van der Waals surface area contributed by atoms with E-state index in [4.69, 9.17) is 19.4 Å². The van der Waals surface area contributed by atoms with Crippen molar-refractivity contribution in [3.63, 3.8) is 0 Å². The second-order valence-corrected chi connectivity index (χ2v) is 21.0. The van der Waals surface area contributed by atoms with E-state index in [9.17, 15) is 29.7 Å². The number of fused-ring (bicyclic) bond motifs is 4. The van der Waals surface area contributed by atoms with Gasteiger partial charge in [-0.3, -0.25) is 9.59 Å². The average molecular weight is 995 g/mol. The van der Waals surface area contributed by atoms with Crippen LogP contribution >= 0.6 is 0 Å². The molecule has 4 fully saturated rings. The van der Waals surface area contributed by atoms with E-state index in [0.717, 1.165) is 135 Å². The first-order valence-corrected chi connectivity index (χ1v) is 26.4. The maximum absolute atomic E-state index is 14.3. The van der Waals surface area contributed by atoms with Crippen molar-refractivity contribution in [2.75, 3.05) is 14.2 Å². The third-order valence-electron chi connectivity index (χ3n) is 16.8. The fourth-order valence-corrected chi connectivity index (χ4v) is 13.2. The lowest BCUT2D eigenvalue weighted by atomic mass is 9.84. The number of imidazole rings is 2. The van der Waals surface area contributed by atoms with Gasteiger partial charge < -0.3 is 39.9 Å². The summed E-state index contributed by atoms with van der Waals surface area (Å²) in [6.07, 6.45) is 11.1. The number of carbonyl (C=O) groups is 4. The summed E-state index contributed by atoms with van der Waals surface area (Å²) in [6.45, 7) is 0. The topological polar surface area (TPSA) is 222 Å². The van der Waals surface area contributed by atoms with Gasteiger partial charge in [0.05, 0.1) is 73.4 Å². The van der Waals surface area contributed by atoms with Gasteiger partial charge in [-0.1, -0.05) is 74.2 Å². The molecule has 8 unspecified atom stereocenters. The van der Waals surface area contributed by atoms with Crippen LogP contribution in [-0.2, 0) is 44.7 Å². The molecule has 8 aliphatic rings. The van der Waals surface area contributed by atoms with Gasteiger partial charge in [0.2, 0.25) is 11.8 Å². The largest absolute Gasteiger partial charge is 0.453 e. The average Bonchev–Trinajstić information content (AvgIpc) is 4.23. The number of benzene rings is 4. The predicted octanol–water partition coefficient (Wildman–Crippen LogP) is 9.60. The molecule has 16 heteroatoms. The predicted molar refractivity (Wildman–Crippen MR) is 277 cm³/mol. The molecule has 6 aromatic rings. The number of aromatic nitrogens is 4. The highest BCUT2D eigenvalue weighted by Crippen LogP contribution is 2.48. The molecule has 16 nitrogen and oxygen atoms in total. The van der Waals surface area contributed by atoms with Crippen molar-refractivity contribution in [2.24, 2.45) is 11.8 Å². The van der Waals surface area contributed by atoms with Crippen LogP contribution < -0.4 is 10.6 Å². The third-order valence-corrected chi connectivity index (χ3v) is 16.8. The number of hydrogen-bond acceptors (Lipinski definition) is 10. The number of aromatic amines is 2. The smallest absolute Gasteiger partial charge is 0.407 e. The Hall–Kier alpha value is -7.72. The van der Waals surface area contributed by atoms with Crippen molar-refractivity contribution in [2.45, 2.75) is 139 Å². The van der Waals surface area contributed by atoms with Gasteiger partial charge in [0, 0.05) is 12.1 Å². The molecule has 2 saturated carbocycles. The molecule has 6 aliphatic carbocycles. The van der Waals surface area contributed by atoms with Crippen molar-refractivity contribution >= 4 is 46.1 Å². The molecule has 4 bridgehead atoms. The van der Waals surface area contributed by atoms with Crippen molar-refractivity contribution in [1.82, 2.24) is 40.4 Å². The summed E-state index contributed by atoms with van der Waals surface area (Å²) < 4.78 is 9.63. The minimum Gasteiger partial charge on any atom is -0.453 e. The number of hydrogen-bond donors (Lipinski definition) is 4. The lowest BCUT2D eigenvalue weighted by Gasteiger charge is -2.35. The van der Waals surface area contributed by atoms with Crippen LogP contribution in [0.1, 0.15) is 123 Å². The molecule has 74 heavy (non-hydrogen) atoms. The van der Waals surface area contributed by atoms with Gasteiger partial charge in [0.15, 0.2) is 0 Å². The number of likely N-dealkylation sites (tertiary alicyclic amines) is 2. The molecule has 0 spiro atoms. The fraction of sp³-hybridized carbons (Fsp3) is 0.448. The molecular weight excluding hydrogens is 933 g/mol. The molecule has 2 aromatic heterocycles. The van der Waals surface area contributed by atoms with E-state index in [2.05, 4.69) is 106 Å². The second-order valence-electron chi connectivity index (χ2n) is 21.0. The van der Waals surface area contributed by atoms with Crippen LogP contribution in [0.3, 0.4) is 0 Å². The summed E-state index contributed by atoms with van der Waals surface area (Å²) in [5.74, 6) is 1.52. The Morgan fingerprint density at radius 1 is 0.608 bits per heavy atom. The van der Waals surface area contributed by atoms with Crippen molar-refractivity contribution < 1.29 is 28.7 Å². The van der Waals surface area contributed by atoms with Gasteiger partial charge in [-0.15, -0.1) is 0 Å². The fourth-order valence-electron chi connectivity index (χ4n) is 13.2. The number of H-pyrrole nitrogens is 2. The summed E-state index contributed by atoms with van der Waals surface area (Å²) in [5, 5.41) is 24.5. The standard InChI is InChI=1S/C58H62N10O6/c1-73-57(71)65-45(23-25-59)55(69)67-49-9-5-3-7-39(49)31-51(67)53-61-43-21-19-37(29-47(43)63-53)41-27-33-11-15-35(41)17-13-34-12-16-36(18-14-33)42(28-34)38-20-22-44-48(30-38)64-54(62-44)52-32-40-8-4-6-10-50(40)68(52)56(70)46(24-26-60)66-58(72)74-2/h11-12,15-16,19-22,27-30,39-40,45-46,49-52H,3-10,13-14,17-18,23-24,31-32H2,1-2H3,(H,61,63)(H,62,64)(H,65,71)(H,66,72). The number of rotatable bonds is 10. The van der Waals surface area contributed by atoms with Crippen molar-refractivity contribution in [1.29, 1.82) is 10.5 Å². The van der Waals surface area contributed by atoms with Crippen LogP contribution in [0.5, 0.6) is 0 Å². The molecule has 2 aliphatic heterocycles. The molecule has 8 atom stereocenters. The van der Waals surface area contributed by atoms with Gasteiger partial charge in [0.25, 0.3) is 0 Å². The third kappa shape index (κ3) is 9.31. The van der Waals surface area contributed by atoms with Crippen LogP contribution in [0.15, 0.2) is 72.8 Å². The number of aryl methyl sites for hydroxylation is 4. The molecule has 4 amide bonds. The Morgan fingerprint density at radius 3 is 1.46 bits per heavy atom. The quantitative estimate of drug-likeness (QED) is 0.102. The van der Waals surface area contributed by atoms with Crippen molar-refractivity contribution in [3.8, 4) is 34.4 Å². The zero-order chi connectivity index (χ0) is 51.0. The molecule has 380 valence electrons. The number of nitriles is 2. The normalized spacial score (nSPS) is 22.9. The Bertz CT molecular complexity index is 3030. The van der Waals surface area contributed by atoms with Crippen LogP contribution in [0, 0.1) is 34.5 Å². The monoisotopic (exact) mass is 994 g/mol. The SMILES string of the molecule is COC(=O)NC(CC#N)C(=O)N1C(c2nc3ccc(-c4cc5ccc4CCc4ccc(c(-c6ccc7nc(C8CC9CCCCC9N8C(=O)C(CC#N)NC(=O)OC)[nH]c7c6)c4)CC5)cc3[nH]2)CC2CCCCC21.